The number of rotatable bonds is 2. The van der Waals surface area contributed by atoms with Crippen LogP contribution in [0.4, 0.5) is 4.39 Å². The van der Waals surface area contributed by atoms with Gasteiger partial charge in [-0.1, -0.05) is 0 Å². The van der Waals surface area contributed by atoms with Gasteiger partial charge in [-0.05, 0) is 32.0 Å². The zero-order chi connectivity index (χ0) is 11.1. The highest BCUT2D eigenvalue weighted by Gasteiger charge is 2.15. The Hall–Kier alpha value is -1.42. The van der Waals surface area contributed by atoms with Crippen LogP contribution in [0.1, 0.15) is 13.8 Å². The summed E-state index contributed by atoms with van der Waals surface area (Å²) in [4.78, 5) is 0. The Kier molecular flexibility index (Phi) is 2.23. The van der Waals surface area contributed by atoms with Gasteiger partial charge >= 0.3 is 0 Å². The summed E-state index contributed by atoms with van der Waals surface area (Å²) in [6, 6.07) is 4.51. The first kappa shape index (κ1) is 10.1. The lowest BCUT2D eigenvalue weighted by Gasteiger charge is -2.17. The molecule has 0 bridgehead atoms. The van der Waals surface area contributed by atoms with Crippen LogP contribution in [0, 0.1) is 5.82 Å². The van der Waals surface area contributed by atoms with E-state index in [-0.39, 0.29) is 5.82 Å². The second-order valence-electron chi connectivity index (χ2n) is 4.32. The topological polar surface area (TPSA) is 38.0 Å². The standard InChI is InChI=1S/C11H13FN2O/c1-11(2,15)7-14-10-5-9(12)4-3-8(10)6-13-14/h3-6,15H,7H2,1-2H3. The lowest BCUT2D eigenvalue weighted by Crippen LogP contribution is -2.26. The van der Waals surface area contributed by atoms with Crippen molar-refractivity contribution < 1.29 is 9.50 Å². The molecule has 2 rings (SSSR count). The Bertz CT molecular complexity index is 485. The number of hydrogen-bond donors (Lipinski definition) is 1. The molecule has 0 amide bonds. The van der Waals surface area contributed by atoms with E-state index < -0.39 is 5.60 Å². The van der Waals surface area contributed by atoms with Gasteiger partial charge in [0.05, 0.1) is 23.9 Å². The summed E-state index contributed by atoms with van der Waals surface area (Å²) < 4.78 is 14.6. The number of halogens is 1. The second-order valence-corrected chi connectivity index (χ2v) is 4.32. The lowest BCUT2D eigenvalue weighted by atomic mass is 10.1. The zero-order valence-corrected chi connectivity index (χ0v) is 8.74. The summed E-state index contributed by atoms with van der Waals surface area (Å²) in [6.07, 6.45) is 1.67. The molecular weight excluding hydrogens is 195 g/mol. The monoisotopic (exact) mass is 208 g/mol. The molecule has 1 aromatic heterocycles. The first-order valence-corrected chi connectivity index (χ1v) is 4.79. The third-order valence-corrected chi connectivity index (χ3v) is 2.14. The van der Waals surface area contributed by atoms with Gasteiger partial charge in [0.25, 0.3) is 0 Å². The van der Waals surface area contributed by atoms with Crippen LogP contribution in [0.3, 0.4) is 0 Å². The lowest BCUT2D eigenvalue weighted by molar-refractivity contribution is 0.0591. The molecular formula is C11H13FN2O. The van der Waals surface area contributed by atoms with Crippen LogP contribution in [0.25, 0.3) is 10.9 Å². The van der Waals surface area contributed by atoms with Crippen LogP contribution in [0.15, 0.2) is 24.4 Å². The number of fused-ring (bicyclic) bond motifs is 1. The smallest absolute Gasteiger partial charge is 0.125 e. The van der Waals surface area contributed by atoms with Crippen molar-refractivity contribution in [2.75, 3.05) is 0 Å². The Morgan fingerprint density at radius 1 is 1.47 bits per heavy atom. The van der Waals surface area contributed by atoms with Crippen LogP contribution >= 0.6 is 0 Å². The molecule has 4 heteroatoms. The highest BCUT2D eigenvalue weighted by Crippen LogP contribution is 2.17. The fraction of sp³-hybridized carbons (Fsp3) is 0.364. The maximum Gasteiger partial charge on any atom is 0.125 e. The van der Waals surface area contributed by atoms with Gasteiger partial charge in [0.1, 0.15) is 5.82 Å². The SMILES string of the molecule is CC(C)(O)Cn1ncc2ccc(F)cc21. The minimum Gasteiger partial charge on any atom is -0.389 e. The molecule has 0 saturated heterocycles. The summed E-state index contributed by atoms with van der Waals surface area (Å²) in [5, 5.41) is 14.7. The zero-order valence-electron chi connectivity index (χ0n) is 8.74. The predicted molar refractivity (Wildman–Crippen MR) is 56.0 cm³/mol. The van der Waals surface area contributed by atoms with Gasteiger partial charge in [0, 0.05) is 5.39 Å². The second kappa shape index (κ2) is 3.31. The van der Waals surface area contributed by atoms with Crippen molar-refractivity contribution in [3.05, 3.63) is 30.2 Å². The largest absolute Gasteiger partial charge is 0.389 e. The van der Waals surface area contributed by atoms with Gasteiger partial charge in [-0.3, -0.25) is 4.68 Å². The number of aliphatic hydroxyl groups is 1. The molecule has 3 nitrogen and oxygen atoms in total. The maximum atomic E-state index is 13.0. The number of benzene rings is 1. The minimum absolute atomic E-state index is 0.292. The van der Waals surface area contributed by atoms with Crippen molar-refractivity contribution in [3.63, 3.8) is 0 Å². The average Bonchev–Trinajstić information content (AvgIpc) is 2.46. The third kappa shape index (κ3) is 2.15. The number of aromatic nitrogens is 2. The van der Waals surface area contributed by atoms with Crippen molar-refractivity contribution in [2.45, 2.75) is 26.0 Å². The van der Waals surface area contributed by atoms with Gasteiger partial charge in [0.15, 0.2) is 0 Å². The normalized spacial score (nSPS) is 12.3. The average molecular weight is 208 g/mol. The molecule has 0 radical (unpaired) electrons. The van der Waals surface area contributed by atoms with Crippen LogP contribution in [-0.2, 0) is 6.54 Å². The summed E-state index contributed by atoms with van der Waals surface area (Å²) in [5.74, 6) is -0.292. The van der Waals surface area contributed by atoms with Gasteiger partial charge in [0.2, 0.25) is 0 Å². The molecule has 1 N–H and O–H groups in total. The Morgan fingerprint density at radius 2 is 2.20 bits per heavy atom. The third-order valence-electron chi connectivity index (χ3n) is 2.14. The maximum absolute atomic E-state index is 13.0. The molecule has 80 valence electrons. The van der Waals surface area contributed by atoms with E-state index in [9.17, 15) is 9.50 Å². The molecule has 0 saturated carbocycles. The van der Waals surface area contributed by atoms with Gasteiger partial charge in [-0.15, -0.1) is 0 Å². The van der Waals surface area contributed by atoms with Crippen LogP contribution in [-0.4, -0.2) is 20.5 Å². The highest BCUT2D eigenvalue weighted by molar-refractivity contribution is 5.78. The Balaban J connectivity index is 2.48. The molecule has 0 unspecified atom stereocenters. The Labute approximate surface area is 87.1 Å². The molecule has 0 fully saturated rings. The molecule has 1 aromatic carbocycles. The van der Waals surface area contributed by atoms with E-state index in [4.69, 9.17) is 0 Å². The number of nitrogens with zero attached hydrogens (tertiary/aromatic N) is 2. The van der Waals surface area contributed by atoms with Gasteiger partial charge in [-0.2, -0.15) is 5.10 Å². The molecule has 1 heterocycles. The highest BCUT2D eigenvalue weighted by atomic mass is 19.1. The van der Waals surface area contributed by atoms with Gasteiger partial charge in [-0.25, -0.2) is 4.39 Å². The van der Waals surface area contributed by atoms with E-state index in [1.165, 1.54) is 12.1 Å². The van der Waals surface area contributed by atoms with E-state index in [0.717, 1.165) is 5.39 Å². The number of hydrogen-bond acceptors (Lipinski definition) is 2. The summed E-state index contributed by atoms with van der Waals surface area (Å²) >= 11 is 0. The van der Waals surface area contributed by atoms with Crippen molar-refractivity contribution in [2.24, 2.45) is 0 Å². The molecule has 0 spiro atoms. The van der Waals surface area contributed by atoms with E-state index in [0.29, 0.717) is 12.1 Å². The van der Waals surface area contributed by atoms with Crippen molar-refractivity contribution >= 4 is 10.9 Å². The molecule has 0 aliphatic rings. The van der Waals surface area contributed by atoms with E-state index in [1.807, 2.05) is 0 Å². The van der Waals surface area contributed by atoms with Crippen molar-refractivity contribution in [1.82, 2.24) is 9.78 Å². The summed E-state index contributed by atoms with van der Waals surface area (Å²) in [7, 11) is 0. The van der Waals surface area contributed by atoms with Gasteiger partial charge < -0.3 is 5.11 Å². The van der Waals surface area contributed by atoms with E-state index in [2.05, 4.69) is 5.10 Å². The molecule has 15 heavy (non-hydrogen) atoms. The van der Waals surface area contributed by atoms with Crippen molar-refractivity contribution in [3.8, 4) is 0 Å². The van der Waals surface area contributed by atoms with E-state index in [1.54, 1.807) is 30.8 Å². The Morgan fingerprint density at radius 3 is 2.87 bits per heavy atom. The van der Waals surface area contributed by atoms with Crippen LogP contribution < -0.4 is 0 Å². The van der Waals surface area contributed by atoms with Crippen LogP contribution in [0.2, 0.25) is 0 Å². The van der Waals surface area contributed by atoms with Crippen LogP contribution in [0.5, 0.6) is 0 Å². The quantitative estimate of drug-likeness (QED) is 0.819. The fourth-order valence-electron chi connectivity index (χ4n) is 1.54. The molecule has 2 aromatic rings. The summed E-state index contributed by atoms with van der Waals surface area (Å²) in [5.41, 5.74) is -0.150. The first-order valence-electron chi connectivity index (χ1n) is 4.79. The minimum atomic E-state index is -0.856. The predicted octanol–water partition coefficient (Wildman–Crippen LogP) is 1.95. The molecule has 0 aliphatic carbocycles. The molecule has 0 aliphatic heterocycles. The fourth-order valence-corrected chi connectivity index (χ4v) is 1.54. The summed E-state index contributed by atoms with van der Waals surface area (Å²) in [6.45, 7) is 3.74. The van der Waals surface area contributed by atoms with Crippen molar-refractivity contribution in [1.29, 1.82) is 0 Å². The van der Waals surface area contributed by atoms with E-state index >= 15 is 0 Å². The first-order chi connectivity index (χ1) is 6.96. The molecule has 0 atom stereocenters.